The van der Waals surface area contributed by atoms with E-state index >= 15 is 0 Å². The standard InChI is InChI=1S/C14H24N4O3S2/c1-9(2)20-14(19)17-7-5-11(6-8-17)10(3)21-13-16-18(22-4)12(15)23-13/h9-11,15H,5-8H2,1-4H3. The minimum atomic E-state index is -0.230. The Balaban J connectivity index is 1.84. The first kappa shape index (κ1) is 18.1. The Hall–Kier alpha value is -1.22. The van der Waals surface area contributed by atoms with Gasteiger partial charge >= 0.3 is 6.09 Å². The number of hydrogen-bond acceptors (Lipinski definition) is 7. The minimum Gasteiger partial charge on any atom is -0.466 e. The van der Waals surface area contributed by atoms with Crippen molar-refractivity contribution in [3.8, 4) is 5.19 Å². The Kier molecular flexibility index (Phi) is 6.34. The number of nitrogens with one attached hydrogen (secondary N) is 1. The molecule has 0 bridgehead atoms. The zero-order valence-corrected chi connectivity index (χ0v) is 15.6. The normalized spacial score (nSPS) is 17.3. The number of rotatable bonds is 5. The minimum absolute atomic E-state index is 0.0131. The van der Waals surface area contributed by atoms with Crippen LogP contribution < -0.4 is 9.54 Å². The molecule has 1 aromatic rings. The second-order valence-corrected chi connectivity index (χ2v) is 7.46. The summed E-state index contributed by atoms with van der Waals surface area (Å²) in [5.41, 5.74) is 0. The largest absolute Gasteiger partial charge is 0.466 e. The third kappa shape index (κ3) is 4.87. The van der Waals surface area contributed by atoms with Gasteiger partial charge in [-0.2, -0.15) is 4.09 Å². The fourth-order valence-corrected chi connectivity index (χ4v) is 3.83. The van der Waals surface area contributed by atoms with Crippen molar-refractivity contribution in [3.63, 3.8) is 0 Å². The monoisotopic (exact) mass is 360 g/mol. The number of amides is 1. The van der Waals surface area contributed by atoms with Gasteiger partial charge in [0.25, 0.3) is 5.19 Å². The molecule has 9 heteroatoms. The maximum absolute atomic E-state index is 11.9. The van der Waals surface area contributed by atoms with E-state index in [4.69, 9.17) is 14.9 Å². The SMILES string of the molecule is CSn1nc(OC(C)C2CCN(C(=O)OC(C)C)CC2)sc1=N. The van der Waals surface area contributed by atoms with Gasteiger partial charge in [0.2, 0.25) is 4.80 Å². The van der Waals surface area contributed by atoms with E-state index in [-0.39, 0.29) is 18.3 Å². The average molecular weight is 361 g/mol. The third-order valence-corrected chi connectivity index (χ3v) is 5.23. The van der Waals surface area contributed by atoms with Crippen LogP contribution in [0.25, 0.3) is 0 Å². The Bertz CT molecular complexity index is 579. The van der Waals surface area contributed by atoms with Crippen LogP contribution in [0.2, 0.25) is 0 Å². The molecule has 1 atom stereocenters. The lowest BCUT2D eigenvalue weighted by Gasteiger charge is -2.34. The predicted octanol–water partition coefficient (Wildman–Crippen LogP) is 2.57. The Labute approximate surface area is 144 Å². The number of carbonyl (C=O) groups excluding carboxylic acids is 1. The molecular formula is C14H24N4O3S2. The molecule has 23 heavy (non-hydrogen) atoms. The predicted molar refractivity (Wildman–Crippen MR) is 90.9 cm³/mol. The highest BCUT2D eigenvalue weighted by Gasteiger charge is 2.29. The molecule has 0 aromatic carbocycles. The summed E-state index contributed by atoms with van der Waals surface area (Å²) in [6.07, 6.45) is 3.34. The highest BCUT2D eigenvalue weighted by molar-refractivity contribution is 7.97. The van der Waals surface area contributed by atoms with Crippen LogP contribution in [0.4, 0.5) is 4.79 Å². The van der Waals surface area contributed by atoms with Gasteiger partial charge in [0.05, 0.1) is 6.10 Å². The van der Waals surface area contributed by atoms with Crippen LogP contribution in [0.1, 0.15) is 33.6 Å². The molecule has 1 amide bonds. The van der Waals surface area contributed by atoms with Crippen molar-refractivity contribution < 1.29 is 14.3 Å². The number of hydrogen-bond donors (Lipinski definition) is 1. The van der Waals surface area contributed by atoms with Crippen LogP contribution in [-0.2, 0) is 4.74 Å². The van der Waals surface area contributed by atoms with Gasteiger partial charge in [-0.15, -0.1) is 5.10 Å². The van der Waals surface area contributed by atoms with Gasteiger partial charge in [0, 0.05) is 19.3 Å². The van der Waals surface area contributed by atoms with E-state index in [2.05, 4.69) is 5.10 Å². The molecule has 1 aliphatic heterocycles. The van der Waals surface area contributed by atoms with E-state index in [0.29, 0.717) is 29.0 Å². The van der Waals surface area contributed by atoms with E-state index in [9.17, 15) is 4.79 Å². The molecule has 1 aromatic heterocycles. The van der Waals surface area contributed by atoms with Crippen LogP contribution in [0.15, 0.2) is 0 Å². The summed E-state index contributed by atoms with van der Waals surface area (Å²) in [7, 11) is 0. The van der Waals surface area contributed by atoms with E-state index < -0.39 is 0 Å². The second kappa shape index (κ2) is 8.05. The first-order chi connectivity index (χ1) is 10.9. The van der Waals surface area contributed by atoms with Crippen molar-refractivity contribution in [3.05, 3.63) is 4.80 Å². The molecule has 2 rings (SSSR count). The van der Waals surface area contributed by atoms with Crippen molar-refractivity contribution in [1.82, 2.24) is 14.1 Å². The van der Waals surface area contributed by atoms with Crippen molar-refractivity contribution in [2.45, 2.75) is 45.8 Å². The number of ether oxygens (including phenoxy) is 2. The molecule has 2 heterocycles. The smallest absolute Gasteiger partial charge is 0.410 e. The van der Waals surface area contributed by atoms with Gasteiger partial charge in [-0.25, -0.2) is 4.79 Å². The molecule has 0 saturated carbocycles. The molecule has 1 saturated heterocycles. The van der Waals surface area contributed by atoms with Gasteiger partial charge in [0.15, 0.2) is 0 Å². The topological polar surface area (TPSA) is 80.4 Å². The molecule has 1 fully saturated rings. The Morgan fingerprint density at radius 1 is 1.39 bits per heavy atom. The van der Waals surface area contributed by atoms with Crippen molar-refractivity contribution in [1.29, 1.82) is 5.41 Å². The summed E-state index contributed by atoms with van der Waals surface area (Å²) in [6.45, 7) is 7.12. The molecule has 0 radical (unpaired) electrons. The van der Waals surface area contributed by atoms with Gasteiger partial charge < -0.3 is 14.4 Å². The van der Waals surface area contributed by atoms with Gasteiger partial charge in [-0.3, -0.25) is 5.41 Å². The summed E-state index contributed by atoms with van der Waals surface area (Å²) in [4.78, 5) is 14.0. The summed E-state index contributed by atoms with van der Waals surface area (Å²) in [6, 6.07) is 0. The maximum atomic E-state index is 11.9. The Morgan fingerprint density at radius 2 is 2.04 bits per heavy atom. The van der Waals surface area contributed by atoms with Gasteiger partial charge in [-0.1, -0.05) is 0 Å². The fraction of sp³-hybridized carbons (Fsp3) is 0.786. The number of nitrogens with zero attached hydrogens (tertiary/aromatic N) is 3. The molecule has 1 unspecified atom stereocenters. The number of piperidine rings is 1. The number of carbonyl (C=O) groups is 1. The quantitative estimate of drug-likeness (QED) is 0.873. The van der Waals surface area contributed by atoms with E-state index in [1.54, 1.807) is 4.90 Å². The van der Waals surface area contributed by atoms with E-state index in [1.165, 1.54) is 27.4 Å². The van der Waals surface area contributed by atoms with Gasteiger partial charge in [0.1, 0.15) is 6.10 Å². The average Bonchev–Trinajstić information content (AvgIpc) is 2.86. The lowest BCUT2D eigenvalue weighted by Crippen LogP contribution is -2.42. The summed E-state index contributed by atoms with van der Waals surface area (Å²) in [5, 5.41) is 12.5. The summed E-state index contributed by atoms with van der Waals surface area (Å²) in [5.74, 6) is 0.374. The molecule has 1 N–H and O–H groups in total. The number of aromatic nitrogens is 2. The number of likely N-dealkylation sites (tertiary alicyclic amines) is 1. The molecular weight excluding hydrogens is 336 g/mol. The van der Waals surface area contributed by atoms with E-state index in [0.717, 1.165) is 12.8 Å². The fourth-order valence-electron chi connectivity index (χ4n) is 2.52. The van der Waals surface area contributed by atoms with Crippen LogP contribution in [-0.4, -0.2) is 51.7 Å². The van der Waals surface area contributed by atoms with Crippen LogP contribution in [0.3, 0.4) is 0 Å². The highest BCUT2D eigenvalue weighted by atomic mass is 32.2. The van der Waals surface area contributed by atoms with Crippen molar-refractivity contribution >= 4 is 29.4 Å². The highest BCUT2D eigenvalue weighted by Crippen LogP contribution is 2.25. The first-order valence-corrected chi connectivity index (χ1v) is 9.72. The maximum Gasteiger partial charge on any atom is 0.410 e. The van der Waals surface area contributed by atoms with Crippen molar-refractivity contribution in [2.75, 3.05) is 19.3 Å². The molecule has 1 aliphatic rings. The molecule has 130 valence electrons. The lowest BCUT2D eigenvalue weighted by molar-refractivity contribution is 0.0493. The van der Waals surface area contributed by atoms with E-state index in [1.807, 2.05) is 27.0 Å². The molecule has 0 aliphatic carbocycles. The lowest BCUT2D eigenvalue weighted by atomic mass is 9.92. The molecule has 7 nitrogen and oxygen atoms in total. The third-order valence-electron chi connectivity index (χ3n) is 3.79. The van der Waals surface area contributed by atoms with Gasteiger partial charge in [-0.05, 0) is 62.8 Å². The second-order valence-electron chi connectivity index (χ2n) is 5.81. The molecule has 0 spiro atoms. The zero-order chi connectivity index (χ0) is 17.0. The Morgan fingerprint density at radius 3 is 2.57 bits per heavy atom. The summed E-state index contributed by atoms with van der Waals surface area (Å²) >= 11 is 2.61. The van der Waals surface area contributed by atoms with Crippen LogP contribution >= 0.6 is 23.3 Å². The van der Waals surface area contributed by atoms with Crippen molar-refractivity contribution in [2.24, 2.45) is 5.92 Å². The van der Waals surface area contributed by atoms with Crippen LogP contribution in [0.5, 0.6) is 5.19 Å². The van der Waals surface area contributed by atoms with Crippen LogP contribution in [0, 0.1) is 11.3 Å². The zero-order valence-electron chi connectivity index (χ0n) is 13.9. The summed E-state index contributed by atoms with van der Waals surface area (Å²) < 4.78 is 12.7. The first-order valence-electron chi connectivity index (χ1n) is 7.72.